The molecule has 0 bridgehead atoms. The van der Waals surface area contributed by atoms with Crippen LogP contribution in [-0.2, 0) is 14.3 Å². The normalized spacial score (nSPS) is 29.6. The molecule has 2 fully saturated rings. The summed E-state index contributed by atoms with van der Waals surface area (Å²) >= 11 is 0. The Bertz CT molecular complexity index is 451. The van der Waals surface area contributed by atoms with Crippen LogP contribution in [0.3, 0.4) is 0 Å². The van der Waals surface area contributed by atoms with Crippen molar-refractivity contribution >= 4 is 11.8 Å². The topological polar surface area (TPSA) is 96.1 Å². The van der Waals surface area contributed by atoms with E-state index in [-0.39, 0.29) is 30.2 Å². The lowest BCUT2D eigenvalue weighted by molar-refractivity contribution is -0.146. The number of primary amides is 1. The first-order valence-electron chi connectivity index (χ1n) is 8.86. The molecule has 0 saturated carbocycles. The molecule has 2 amide bonds. The number of amides is 2. The Morgan fingerprint density at radius 3 is 2.50 bits per heavy atom. The molecule has 0 radical (unpaired) electrons. The molecule has 3 N–H and O–H groups in total. The summed E-state index contributed by atoms with van der Waals surface area (Å²) in [6, 6.07) is 0. The van der Waals surface area contributed by atoms with E-state index >= 15 is 0 Å². The SMILES string of the molecule is COCCC1(O)CCN(C(=O)C2CCN(CC(N)=O)CC2)CC1C. The van der Waals surface area contributed by atoms with Crippen LogP contribution < -0.4 is 5.73 Å². The number of ether oxygens (including phenoxy) is 1. The van der Waals surface area contributed by atoms with Crippen LogP contribution in [0.5, 0.6) is 0 Å². The van der Waals surface area contributed by atoms with Crippen LogP contribution in [0.4, 0.5) is 0 Å². The minimum absolute atomic E-state index is 0.0199. The highest BCUT2D eigenvalue weighted by atomic mass is 16.5. The fourth-order valence-corrected chi connectivity index (χ4v) is 3.83. The van der Waals surface area contributed by atoms with Gasteiger partial charge in [-0.15, -0.1) is 0 Å². The number of carbonyl (C=O) groups is 2. The number of likely N-dealkylation sites (tertiary alicyclic amines) is 2. The number of hydrogen-bond acceptors (Lipinski definition) is 5. The van der Waals surface area contributed by atoms with E-state index in [2.05, 4.69) is 0 Å². The molecular weight excluding hydrogens is 310 g/mol. The number of piperidine rings is 2. The maximum Gasteiger partial charge on any atom is 0.231 e. The van der Waals surface area contributed by atoms with Gasteiger partial charge in [-0.05, 0) is 38.8 Å². The summed E-state index contributed by atoms with van der Waals surface area (Å²) in [6.45, 7) is 5.48. The summed E-state index contributed by atoms with van der Waals surface area (Å²) in [6.07, 6.45) is 2.75. The molecule has 0 aromatic carbocycles. The molecule has 2 heterocycles. The Labute approximate surface area is 144 Å². The molecule has 24 heavy (non-hydrogen) atoms. The molecule has 0 aromatic heterocycles. The average Bonchev–Trinajstić information content (AvgIpc) is 2.55. The van der Waals surface area contributed by atoms with Gasteiger partial charge in [0, 0.05) is 38.6 Å². The van der Waals surface area contributed by atoms with E-state index in [4.69, 9.17) is 10.5 Å². The van der Waals surface area contributed by atoms with Crippen LogP contribution in [0, 0.1) is 11.8 Å². The highest BCUT2D eigenvalue weighted by molar-refractivity contribution is 5.79. The van der Waals surface area contributed by atoms with Gasteiger partial charge >= 0.3 is 0 Å². The molecule has 0 aliphatic carbocycles. The molecular formula is C17H31N3O4. The number of aliphatic hydroxyl groups is 1. The van der Waals surface area contributed by atoms with E-state index in [9.17, 15) is 14.7 Å². The van der Waals surface area contributed by atoms with Crippen molar-refractivity contribution in [1.82, 2.24) is 9.80 Å². The van der Waals surface area contributed by atoms with Crippen LogP contribution in [-0.4, -0.2) is 78.8 Å². The van der Waals surface area contributed by atoms with E-state index in [1.54, 1.807) is 7.11 Å². The summed E-state index contributed by atoms with van der Waals surface area (Å²) in [5.74, 6) is -0.0684. The zero-order chi connectivity index (χ0) is 17.7. The van der Waals surface area contributed by atoms with Crippen LogP contribution in [0.1, 0.15) is 32.6 Å². The fraction of sp³-hybridized carbons (Fsp3) is 0.882. The standard InChI is InChI=1S/C17H31N3O4/c1-13-11-20(9-5-17(13,23)6-10-24-2)16(22)14-3-7-19(8-4-14)12-15(18)21/h13-14,23H,3-12H2,1-2H3,(H2,18,21). The summed E-state index contributed by atoms with van der Waals surface area (Å²) in [7, 11) is 1.64. The molecule has 2 rings (SSSR count). The highest BCUT2D eigenvalue weighted by Crippen LogP contribution is 2.32. The van der Waals surface area contributed by atoms with Crippen LogP contribution in [0.15, 0.2) is 0 Å². The van der Waals surface area contributed by atoms with E-state index in [1.807, 2.05) is 16.7 Å². The third-order valence-corrected chi connectivity index (χ3v) is 5.59. The van der Waals surface area contributed by atoms with Gasteiger partial charge in [-0.2, -0.15) is 0 Å². The van der Waals surface area contributed by atoms with Crippen molar-refractivity contribution in [2.75, 3.05) is 46.4 Å². The molecule has 138 valence electrons. The van der Waals surface area contributed by atoms with Gasteiger partial charge in [-0.3, -0.25) is 14.5 Å². The third-order valence-electron chi connectivity index (χ3n) is 5.59. The predicted octanol–water partition coefficient (Wildman–Crippen LogP) is -0.180. The molecule has 7 heteroatoms. The van der Waals surface area contributed by atoms with Crippen molar-refractivity contribution < 1.29 is 19.4 Å². The lowest BCUT2D eigenvalue weighted by atomic mass is 9.79. The van der Waals surface area contributed by atoms with Crippen molar-refractivity contribution in [1.29, 1.82) is 0 Å². The zero-order valence-corrected chi connectivity index (χ0v) is 14.9. The third kappa shape index (κ3) is 4.68. The highest BCUT2D eigenvalue weighted by Gasteiger charge is 2.41. The molecule has 0 spiro atoms. The molecule has 2 aliphatic heterocycles. The number of hydrogen-bond donors (Lipinski definition) is 2. The maximum absolute atomic E-state index is 12.8. The molecule has 2 unspecified atom stereocenters. The van der Waals surface area contributed by atoms with E-state index in [0.29, 0.717) is 32.5 Å². The van der Waals surface area contributed by atoms with Crippen molar-refractivity contribution in [2.45, 2.75) is 38.2 Å². The fourth-order valence-electron chi connectivity index (χ4n) is 3.83. The van der Waals surface area contributed by atoms with E-state index in [0.717, 1.165) is 25.9 Å². The van der Waals surface area contributed by atoms with Gasteiger partial charge in [-0.25, -0.2) is 0 Å². The maximum atomic E-state index is 12.8. The molecule has 2 aliphatic rings. The first-order valence-corrected chi connectivity index (χ1v) is 8.86. The van der Waals surface area contributed by atoms with E-state index < -0.39 is 5.60 Å². The molecule has 0 aromatic rings. The van der Waals surface area contributed by atoms with Gasteiger partial charge in [0.2, 0.25) is 11.8 Å². The van der Waals surface area contributed by atoms with Gasteiger partial charge in [0.25, 0.3) is 0 Å². The van der Waals surface area contributed by atoms with Crippen LogP contribution in [0.25, 0.3) is 0 Å². The summed E-state index contributed by atoms with van der Waals surface area (Å²) in [4.78, 5) is 27.6. The number of methoxy groups -OCH3 is 1. The monoisotopic (exact) mass is 341 g/mol. The molecule has 2 saturated heterocycles. The summed E-state index contributed by atoms with van der Waals surface area (Å²) in [5.41, 5.74) is 4.48. The molecule has 2 atom stereocenters. The van der Waals surface area contributed by atoms with Crippen molar-refractivity contribution in [3.63, 3.8) is 0 Å². The Hall–Kier alpha value is -1.18. The van der Waals surface area contributed by atoms with Crippen molar-refractivity contribution in [2.24, 2.45) is 17.6 Å². The van der Waals surface area contributed by atoms with Crippen molar-refractivity contribution in [3.05, 3.63) is 0 Å². The number of rotatable bonds is 6. The van der Waals surface area contributed by atoms with Crippen molar-refractivity contribution in [3.8, 4) is 0 Å². The lowest BCUT2D eigenvalue weighted by Gasteiger charge is -2.44. The second kappa shape index (κ2) is 8.27. The van der Waals surface area contributed by atoms with Gasteiger partial charge in [-0.1, -0.05) is 6.92 Å². The lowest BCUT2D eigenvalue weighted by Crippen LogP contribution is -2.54. The smallest absolute Gasteiger partial charge is 0.231 e. The number of carbonyl (C=O) groups excluding carboxylic acids is 2. The number of nitrogens with two attached hydrogens (primary N) is 1. The Morgan fingerprint density at radius 2 is 1.96 bits per heavy atom. The Kier molecular flexibility index (Phi) is 6.60. The van der Waals surface area contributed by atoms with Crippen LogP contribution in [0.2, 0.25) is 0 Å². The predicted molar refractivity (Wildman–Crippen MR) is 90.2 cm³/mol. The van der Waals surface area contributed by atoms with Gasteiger partial charge in [0.1, 0.15) is 0 Å². The van der Waals surface area contributed by atoms with Gasteiger partial charge < -0.3 is 20.5 Å². The zero-order valence-electron chi connectivity index (χ0n) is 14.9. The second-order valence-electron chi connectivity index (χ2n) is 7.30. The molecule has 7 nitrogen and oxygen atoms in total. The minimum atomic E-state index is -0.738. The average molecular weight is 341 g/mol. The first-order chi connectivity index (χ1) is 11.4. The van der Waals surface area contributed by atoms with Crippen LogP contribution >= 0.6 is 0 Å². The van der Waals surface area contributed by atoms with Gasteiger partial charge in [0.05, 0.1) is 12.1 Å². The second-order valence-corrected chi connectivity index (χ2v) is 7.30. The summed E-state index contributed by atoms with van der Waals surface area (Å²) in [5, 5.41) is 10.7. The van der Waals surface area contributed by atoms with E-state index in [1.165, 1.54) is 0 Å². The number of nitrogens with zero attached hydrogens (tertiary/aromatic N) is 2. The minimum Gasteiger partial charge on any atom is -0.389 e. The quantitative estimate of drug-likeness (QED) is 0.699. The Morgan fingerprint density at radius 1 is 1.29 bits per heavy atom. The Balaban J connectivity index is 1.83. The first kappa shape index (κ1) is 19.1. The summed E-state index contributed by atoms with van der Waals surface area (Å²) < 4.78 is 5.09. The largest absolute Gasteiger partial charge is 0.389 e. The van der Waals surface area contributed by atoms with Gasteiger partial charge in [0.15, 0.2) is 0 Å².